The minimum absolute atomic E-state index is 0.0715. The summed E-state index contributed by atoms with van der Waals surface area (Å²) in [7, 11) is 1.50. The summed E-state index contributed by atoms with van der Waals surface area (Å²) in [5.74, 6) is -5.64. The fraction of sp³-hybridized carbons (Fsp3) is 0.545. The van der Waals surface area contributed by atoms with Crippen LogP contribution in [0.4, 0.5) is 0 Å². The SMILES string of the molecule is CC.CCOC(=O)C(C(C)=O)C(c1ccc(OC)cc1)C(C(C)=O)C(=O)OCC. The lowest BCUT2D eigenvalue weighted by Gasteiger charge is -2.29. The first-order chi connectivity index (χ1) is 13.8. The van der Waals surface area contributed by atoms with Crippen molar-refractivity contribution in [1.82, 2.24) is 0 Å². The van der Waals surface area contributed by atoms with E-state index in [9.17, 15) is 19.2 Å². The average Bonchev–Trinajstić information content (AvgIpc) is 2.69. The van der Waals surface area contributed by atoms with Crippen molar-refractivity contribution in [2.75, 3.05) is 20.3 Å². The molecule has 2 unspecified atom stereocenters. The van der Waals surface area contributed by atoms with Gasteiger partial charge in [0.1, 0.15) is 29.2 Å². The summed E-state index contributed by atoms with van der Waals surface area (Å²) in [4.78, 5) is 49.6. The number of Topliss-reactive ketones (excluding diaryl/α,β-unsaturated/α-hetero) is 2. The standard InChI is InChI=1S/C20H26O7.C2H6/c1-6-26-19(23)16(12(3)21)18(14-8-10-15(25-5)11-9-14)17(13(4)22)20(24)27-7-2;1-2/h8-11,16-18H,6-7H2,1-5H3;1-2H3. The Hall–Kier alpha value is -2.70. The summed E-state index contributed by atoms with van der Waals surface area (Å²) >= 11 is 0. The van der Waals surface area contributed by atoms with Crippen molar-refractivity contribution >= 4 is 23.5 Å². The maximum absolute atomic E-state index is 12.5. The largest absolute Gasteiger partial charge is 0.497 e. The topological polar surface area (TPSA) is 96.0 Å². The molecular formula is C22H32O7. The Bertz CT molecular complexity index is 643. The number of hydrogen-bond donors (Lipinski definition) is 0. The Labute approximate surface area is 172 Å². The predicted octanol–water partition coefficient (Wildman–Crippen LogP) is 3.34. The smallest absolute Gasteiger partial charge is 0.317 e. The van der Waals surface area contributed by atoms with Gasteiger partial charge in [-0.3, -0.25) is 19.2 Å². The van der Waals surface area contributed by atoms with E-state index in [0.29, 0.717) is 11.3 Å². The number of methoxy groups -OCH3 is 1. The van der Waals surface area contributed by atoms with E-state index < -0.39 is 41.3 Å². The van der Waals surface area contributed by atoms with Crippen LogP contribution in [0.2, 0.25) is 0 Å². The highest BCUT2D eigenvalue weighted by atomic mass is 16.5. The van der Waals surface area contributed by atoms with E-state index in [1.807, 2.05) is 13.8 Å². The summed E-state index contributed by atoms with van der Waals surface area (Å²) < 4.78 is 15.2. The molecule has 7 nitrogen and oxygen atoms in total. The van der Waals surface area contributed by atoms with Crippen LogP contribution in [0.5, 0.6) is 5.75 Å². The van der Waals surface area contributed by atoms with Crippen LogP contribution in [0.25, 0.3) is 0 Å². The maximum atomic E-state index is 12.5. The third-order valence-corrected chi connectivity index (χ3v) is 4.18. The maximum Gasteiger partial charge on any atom is 0.317 e. The third-order valence-electron chi connectivity index (χ3n) is 4.18. The summed E-state index contributed by atoms with van der Waals surface area (Å²) in [5, 5.41) is 0. The molecule has 29 heavy (non-hydrogen) atoms. The van der Waals surface area contributed by atoms with Crippen molar-refractivity contribution in [1.29, 1.82) is 0 Å². The Morgan fingerprint density at radius 1 is 0.793 bits per heavy atom. The molecule has 0 saturated carbocycles. The van der Waals surface area contributed by atoms with Gasteiger partial charge in [-0.15, -0.1) is 0 Å². The first kappa shape index (κ1) is 26.3. The molecule has 1 rings (SSSR count). The number of carbonyl (C=O) groups is 4. The lowest BCUT2D eigenvalue weighted by Crippen LogP contribution is -2.40. The molecule has 0 heterocycles. The van der Waals surface area contributed by atoms with Gasteiger partial charge in [-0.2, -0.15) is 0 Å². The van der Waals surface area contributed by atoms with Crippen LogP contribution in [0.3, 0.4) is 0 Å². The molecule has 1 aromatic rings. The fourth-order valence-electron chi connectivity index (χ4n) is 3.00. The molecule has 0 fully saturated rings. The second-order valence-corrected chi connectivity index (χ2v) is 5.98. The third kappa shape index (κ3) is 7.33. The summed E-state index contributed by atoms with van der Waals surface area (Å²) in [5.41, 5.74) is 0.470. The molecule has 0 aliphatic heterocycles. The lowest BCUT2D eigenvalue weighted by atomic mass is 9.73. The van der Waals surface area contributed by atoms with Gasteiger partial charge in [-0.25, -0.2) is 0 Å². The number of rotatable bonds is 10. The molecule has 7 heteroatoms. The molecule has 2 atom stereocenters. The van der Waals surface area contributed by atoms with Gasteiger partial charge in [0.15, 0.2) is 0 Å². The molecule has 0 radical (unpaired) electrons. The van der Waals surface area contributed by atoms with Crippen molar-refractivity contribution in [3.05, 3.63) is 29.8 Å². The van der Waals surface area contributed by atoms with E-state index in [1.165, 1.54) is 21.0 Å². The molecule has 0 aromatic heterocycles. The summed E-state index contributed by atoms with van der Waals surface area (Å²) in [6.45, 7) is 9.85. The van der Waals surface area contributed by atoms with Crippen LogP contribution in [-0.2, 0) is 28.7 Å². The van der Waals surface area contributed by atoms with Crippen LogP contribution in [0.15, 0.2) is 24.3 Å². The van der Waals surface area contributed by atoms with E-state index >= 15 is 0 Å². The Kier molecular flexibility index (Phi) is 12.2. The van der Waals surface area contributed by atoms with Crippen molar-refractivity contribution in [3.8, 4) is 5.75 Å². The van der Waals surface area contributed by atoms with Gasteiger partial charge in [0, 0.05) is 5.92 Å². The van der Waals surface area contributed by atoms with Crippen LogP contribution in [0, 0.1) is 11.8 Å². The number of benzene rings is 1. The Balaban J connectivity index is 0.00000379. The minimum atomic E-state index is -1.31. The highest BCUT2D eigenvalue weighted by molar-refractivity contribution is 6.04. The molecule has 0 aliphatic carbocycles. The van der Waals surface area contributed by atoms with E-state index in [2.05, 4.69) is 0 Å². The number of hydrogen-bond acceptors (Lipinski definition) is 7. The molecule has 0 N–H and O–H groups in total. The van der Waals surface area contributed by atoms with Gasteiger partial charge in [0.25, 0.3) is 0 Å². The second-order valence-electron chi connectivity index (χ2n) is 5.98. The zero-order chi connectivity index (χ0) is 22.6. The number of esters is 2. The second kappa shape index (κ2) is 13.5. The van der Waals surface area contributed by atoms with Gasteiger partial charge >= 0.3 is 11.9 Å². The van der Waals surface area contributed by atoms with Crippen molar-refractivity contribution in [2.45, 2.75) is 47.5 Å². The molecule has 0 aliphatic rings. The normalized spacial score (nSPS) is 13.1. The predicted molar refractivity (Wildman–Crippen MR) is 109 cm³/mol. The average molecular weight is 408 g/mol. The van der Waals surface area contributed by atoms with Crippen molar-refractivity contribution in [3.63, 3.8) is 0 Å². The monoisotopic (exact) mass is 408 g/mol. The molecule has 0 amide bonds. The Morgan fingerprint density at radius 2 is 1.17 bits per heavy atom. The van der Waals surface area contributed by atoms with E-state index in [4.69, 9.17) is 14.2 Å². The van der Waals surface area contributed by atoms with Gasteiger partial charge in [0.2, 0.25) is 0 Å². The summed E-state index contributed by atoms with van der Waals surface area (Å²) in [6.07, 6.45) is 0. The lowest BCUT2D eigenvalue weighted by molar-refractivity contribution is -0.157. The minimum Gasteiger partial charge on any atom is -0.497 e. The van der Waals surface area contributed by atoms with Crippen LogP contribution in [-0.4, -0.2) is 43.8 Å². The highest BCUT2D eigenvalue weighted by Gasteiger charge is 2.45. The molecule has 1 aromatic carbocycles. The zero-order valence-electron chi connectivity index (χ0n) is 18.3. The molecule has 0 bridgehead atoms. The van der Waals surface area contributed by atoms with Crippen LogP contribution in [0.1, 0.15) is 53.0 Å². The Morgan fingerprint density at radius 3 is 1.45 bits per heavy atom. The van der Waals surface area contributed by atoms with Crippen LogP contribution < -0.4 is 4.74 Å². The molecular weight excluding hydrogens is 376 g/mol. The van der Waals surface area contributed by atoms with Gasteiger partial charge in [0.05, 0.1) is 20.3 Å². The van der Waals surface area contributed by atoms with E-state index in [1.54, 1.807) is 38.1 Å². The first-order valence-corrected chi connectivity index (χ1v) is 9.76. The number of ketones is 2. The molecule has 162 valence electrons. The molecule has 0 saturated heterocycles. The first-order valence-electron chi connectivity index (χ1n) is 9.76. The fourth-order valence-corrected chi connectivity index (χ4v) is 3.00. The summed E-state index contributed by atoms with van der Waals surface area (Å²) in [6, 6.07) is 6.50. The van der Waals surface area contributed by atoms with E-state index in [0.717, 1.165) is 0 Å². The quantitative estimate of drug-likeness (QED) is 0.433. The number of ether oxygens (including phenoxy) is 3. The highest BCUT2D eigenvalue weighted by Crippen LogP contribution is 2.36. The van der Waals surface area contributed by atoms with Gasteiger partial charge in [-0.1, -0.05) is 26.0 Å². The molecule has 0 spiro atoms. The van der Waals surface area contributed by atoms with E-state index in [-0.39, 0.29) is 13.2 Å². The van der Waals surface area contributed by atoms with Crippen LogP contribution >= 0.6 is 0 Å². The number of carbonyl (C=O) groups excluding carboxylic acids is 4. The van der Waals surface area contributed by atoms with Crippen molar-refractivity contribution < 1.29 is 33.4 Å². The van der Waals surface area contributed by atoms with Crippen molar-refractivity contribution in [2.24, 2.45) is 11.8 Å². The van der Waals surface area contributed by atoms with Gasteiger partial charge < -0.3 is 14.2 Å². The van der Waals surface area contributed by atoms with Gasteiger partial charge in [-0.05, 0) is 45.4 Å². The zero-order valence-corrected chi connectivity index (χ0v) is 18.3.